The molecule has 0 amide bonds. The number of aryl methyl sites for hydroxylation is 1. The van der Waals surface area contributed by atoms with Crippen molar-refractivity contribution in [3.63, 3.8) is 0 Å². The standard InChI is InChI=1S/C12H15N3S/c1-8-5-3-4-6-10(8)7-11-14-15-12(16-11)9(2)13/h3-6,9H,7,13H2,1-2H3. The van der Waals surface area contributed by atoms with Crippen LogP contribution in [0.4, 0.5) is 0 Å². The zero-order valence-electron chi connectivity index (χ0n) is 9.47. The Morgan fingerprint density at radius 1 is 1.31 bits per heavy atom. The number of benzene rings is 1. The first-order valence-corrected chi connectivity index (χ1v) is 6.11. The molecule has 0 spiro atoms. The van der Waals surface area contributed by atoms with Crippen LogP contribution in [-0.2, 0) is 6.42 Å². The quantitative estimate of drug-likeness (QED) is 0.886. The Kier molecular flexibility index (Phi) is 3.31. The third-order valence-electron chi connectivity index (χ3n) is 2.47. The van der Waals surface area contributed by atoms with E-state index in [1.54, 1.807) is 11.3 Å². The molecule has 1 heterocycles. The van der Waals surface area contributed by atoms with E-state index >= 15 is 0 Å². The number of nitrogens with two attached hydrogens (primary N) is 1. The predicted molar refractivity (Wildman–Crippen MR) is 66.5 cm³/mol. The molecule has 0 bridgehead atoms. The Morgan fingerprint density at radius 2 is 2.06 bits per heavy atom. The van der Waals surface area contributed by atoms with Gasteiger partial charge in [0, 0.05) is 6.42 Å². The molecule has 0 aliphatic carbocycles. The fourth-order valence-corrected chi connectivity index (χ4v) is 2.31. The monoisotopic (exact) mass is 233 g/mol. The van der Waals surface area contributed by atoms with Crippen LogP contribution in [0.15, 0.2) is 24.3 Å². The van der Waals surface area contributed by atoms with Gasteiger partial charge in [-0.25, -0.2) is 0 Å². The van der Waals surface area contributed by atoms with E-state index in [0.717, 1.165) is 16.4 Å². The van der Waals surface area contributed by atoms with Gasteiger partial charge in [0.05, 0.1) is 6.04 Å². The smallest absolute Gasteiger partial charge is 0.133 e. The SMILES string of the molecule is Cc1ccccc1Cc1nnc(C(C)N)s1. The number of hydrogen-bond donors (Lipinski definition) is 1. The van der Waals surface area contributed by atoms with Crippen LogP contribution in [0.3, 0.4) is 0 Å². The van der Waals surface area contributed by atoms with Crippen LogP contribution in [0.1, 0.15) is 34.1 Å². The Balaban J connectivity index is 2.18. The van der Waals surface area contributed by atoms with E-state index in [-0.39, 0.29) is 6.04 Å². The molecule has 4 heteroatoms. The first kappa shape index (κ1) is 11.2. The van der Waals surface area contributed by atoms with Crippen LogP contribution in [0.2, 0.25) is 0 Å². The molecule has 0 saturated carbocycles. The second kappa shape index (κ2) is 4.72. The maximum absolute atomic E-state index is 5.76. The van der Waals surface area contributed by atoms with Crippen molar-refractivity contribution < 1.29 is 0 Å². The van der Waals surface area contributed by atoms with Gasteiger partial charge in [0.2, 0.25) is 0 Å². The minimum absolute atomic E-state index is 0.0249. The van der Waals surface area contributed by atoms with E-state index in [0.29, 0.717) is 0 Å². The third-order valence-corrected chi connectivity index (χ3v) is 3.60. The molecule has 1 atom stereocenters. The first-order chi connectivity index (χ1) is 7.66. The van der Waals surface area contributed by atoms with Gasteiger partial charge in [-0.2, -0.15) is 0 Å². The summed E-state index contributed by atoms with van der Waals surface area (Å²) in [5, 5.41) is 10.2. The van der Waals surface area contributed by atoms with Crippen molar-refractivity contribution in [2.75, 3.05) is 0 Å². The lowest BCUT2D eigenvalue weighted by Gasteiger charge is -2.01. The second-order valence-corrected chi connectivity index (χ2v) is 5.02. The maximum Gasteiger partial charge on any atom is 0.133 e. The van der Waals surface area contributed by atoms with Gasteiger partial charge in [0.15, 0.2) is 0 Å². The number of nitrogens with zero attached hydrogens (tertiary/aromatic N) is 2. The van der Waals surface area contributed by atoms with E-state index in [1.807, 2.05) is 13.0 Å². The lowest BCUT2D eigenvalue weighted by atomic mass is 10.1. The molecular formula is C12H15N3S. The summed E-state index contributed by atoms with van der Waals surface area (Å²) in [6, 6.07) is 8.32. The van der Waals surface area contributed by atoms with E-state index in [2.05, 4.69) is 35.3 Å². The van der Waals surface area contributed by atoms with Gasteiger partial charge in [-0.1, -0.05) is 35.6 Å². The van der Waals surface area contributed by atoms with E-state index in [4.69, 9.17) is 5.73 Å². The molecule has 0 saturated heterocycles. The topological polar surface area (TPSA) is 51.8 Å². The van der Waals surface area contributed by atoms with Gasteiger partial charge in [0.25, 0.3) is 0 Å². The Bertz CT molecular complexity index is 477. The average molecular weight is 233 g/mol. The Morgan fingerprint density at radius 3 is 2.69 bits per heavy atom. The molecule has 2 aromatic rings. The van der Waals surface area contributed by atoms with E-state index in [1.165, 1.54) is 11.1 Å². The largest absolute Gasteiger partial charge is 0.322 e. The van der Waals surface area contributed by atoms with Gasteiger partial charge >= 0.3 is 0 Å². The van der Waals surface area contributed by atoms with Crippen molar-refractivity contribution >= 4 is 11.3 Å². The lowest BCUT2D eigenvalue weighted by Crippen LogP contribution is -2.03. The van der Waals surface area contributed by atoms with E-state index < -0.39 is 0 Å². The number of hydrogen-bond acceptors (Lipinski definition) is 4. The van der Waals surface area contributed by atoms with Gasteiger partial charge in [0.1, 0.15) is 10.0 Å². The summed E-state index contributed by atoms with van der Waals surface area (Å²) < 4.78 is 0. The summed E-state index contributed by atoms with van der Waals surface area (Å²) in [4.78, 5) is 0. The molecule has 2 N–H and O–H groups in total. The molecular weight excluding hydrogens is 218 g/mol. The predicted octanol–water partition coefficient (Wildman–Crippen LogP) is 2.46. The van der Waals surface area contributed by atoms with Gasteiger partial charge in [-0.05, 0) is 25.0 Å². The van der Waals surface area contributed by atoms with Crippen LogP contribution in [0, 0.1) is 6.92 Å². The average Bonchev–Trinajstić information content (AvgIpc) is 2.70. The molecule has 0 aliphatic heterocycles. The van der Waals surface area contributed by atoms with Crippen molar-refractivity contribution in [2.24, 2.45) is 5.73 Å². The van der Waals surface area contributed by atoms with Gasteiger partial charge in [-0.3, -0.25) is 0 Å². The third kappa shape index (κ3) is 2.46. The highest BCUT2D eigenvalue weighted by Gasteiger charge is 2.09. The molecule has 2 rings (SSSR count). The molecule has 0 aliphatic rings. The summed E-state index contributed by atoms with van der Waals surface area (Å²) in [6.45, 7) is 4.04. The van der Waals surface area contributed by atoms with Gasteiger partial charge < -0.3 is 5.73 Å². The summed E-state index contributed by atoms with van der Waals surface area (Å²) in [6.07, 6.45) is 0.844. The highest BCUT2D eigenvalue weighted by atomic mass is 32.1. The second-order valence-electron chi connectivity index (χ2n) is 3.93. The van der Waals surface area contributed by atoms with Crippen LogP contribution >= 0.6 is 11.3 Å². The van der Waals surface area contributed by atoms with Crippen molar-refractivity contribution in [3.05, 3.63) is 45.4 Å². The molecule has 16 heavy (non-hydrogen) atoms. The summed E-state index contributed by atoms with van der Waals surface area (Å²) >= 11 is 1.60. The highest BCUT2D eigenvalue weighted by Crippen LogP contribution is 2.19. The number of rotatable bonds is 3. The normalized spacial score (nSPS) is 12.7. The minimum Gasteiger partial charge on any atom is -0.322 e. The fraction of sp³-hybridized carbons (Fsp3) is 0.333. The van der Waals surface area contributed by atoms with Crippen LogP contribution < -0.4 is 5.73 Å². The van der Waals surface area contributed by atoms with Crippen molar-refractivity contribution in [1.29, 1.82) is 0 Å². The first-order valence-electron chi connectivity index (χ1n) is 5.29. The van der Waals surface area contributed by atoms with Crippen molar-refractivity contribution in [1.82, 2.24) is 10.2 Å². The van der Waals surface area contributed by atoms with Crippen LogP contribution in [0.5, 0.6) is 0 Å². The molecule has 1 aromatic carbocycles. The molecule has 0 radical (unpaired) electrons. The molecule has 1 unspecified atom stereocenters. The molecule has 0 fully saturated rings. The lowest BCUT2D eigenvalue weighted by molar-refractivity contribution is 0.782. The molecule has 3 nitrogen and oxygen atoms in total. The van der Waals surface area contributed by atoms with Crippen molar-refractivity contribution in [3.8, 4) is 0 Å². The van der Waals surface area contributed by atoms with Gasteiger partial charge in [-0.15, -0.1) is 10.2 Å². The summed E-state index contributed by atoms with van der Waals surface area (Å²) in [5.74, 6) is 0. The van der Waals surface area contributed by atoms with Crippen LogP contribution in [0.25, 0.3) is 0 Å². The number of aromatic nitrogens is 2. The Labute approximate surface area is 99.3 Å². The minimum atomic E-state index is -0.0249. The zero-order chi connectivity index (χ0) is 11.5. The maximum atomic E-state index is 5.76. The summed E-state index contributed by atoms with van der Waals surface area (Å²) in [5.41, 5.74) is 8.35. The summed E-state index contributed by atoms with van der Waals surface area (Å²) in [7, 11) is 0. The van der Waals surface area contributed by atoms with E-state index in [9.17, 15) is 0 Å². The fourth-order valence-electron chi connectivity index (χ4n) is 1.49. The zero-order valence-corrected chi connectivity index (χ0v) is 10.3. The highest BCUT2D eigenvalue weighted by molar-refractivity contribution is 7.11. The molecule has 84 valence electrons. The van der Waals surface area contributed by atoms with Crippen LogP contribution in [-0.4, -0.2) is 10.2 Å². The molecule has 1 aromatic heterocycles. The van der Waals surface area contributed by atoms with Crippen molar-refractivity contribution in [2.45, 2.75) is 26.3 Å². The Hall–Kier alpha value is -1.26.